The van der Waals surface area contributed by atoms with E-state index in [9.17, 15) is 8.42 Å². The van der Waals surface area contributed by atoms with Gasteiger partial charge in [0.1, 0.15) is 23.0 Å². The van der Waals surface area contributed by atoms with E-state index in [1.54, 1.807) is 6.07 Å². The summed E-state index contributed by atoms with van der Waals surface area (Å²) in [6, 6.07) is 7.95. The third-order valence-corrected chi connectivity index (χ3v) is 6.21. The molecule has 0 aliphatic rings. The number of anilines is 1. The van der Waals surface area contributed by atoms with Crippen LogP contribution in [0, 0.1) is 0 Å². The lowest BCUT2D eigenvalue weighted by Gasteiger charge is -2.12. The van der Waals surface area contributed by atoms with E-state index in [1.165, 1.54) is 31.5 Å². The fourth-order valence-corrected chi connectivity index (χ4v) is 4.32. The fraction of sp³-hybridized carbons (Fsp3) is 0.263. The second-order valence-electron chi connectivity index (χ2n) is 6.62. The summed E-state index contributed by atoms with van der Waals surface area (Å²) in [7, 11) is 1.13. The van der Waals surface area contributed by atoms with Gasteiger partial charge in [0, 0.05) is 0 Å². The minimum atomic E-state index is -4.08. The third kappa shape index (κ3) is 5.79. The summed E-state index contributed by atoms with van der Waals surface area (Å²) in [4.78, 5) is 9.97. The Hall–Kier alpha value is -2.53. The second kappa shape index (κ2) is 9.73. The van der Waals surface area contributed by atoms with E-state index in [1.807, 2.05) is 25.1 Å². The lowest BCUT2D eigenvalue weighted by molar-refractivity contribution is 0.245. The molecule has 0 radical (unpaired) electrons. The molecule has 0 spiro atoms. The van der Waals surface area contributed by atoms with Gasteiger partial charge in [-0.25, -0.2) is 13.4 Å². The van der Waals surface area contributed by atoms with Crippen molar-refractivity contribution in [1.29, 1.82) is 0 Å². The molecule has 166 valence electrons. The lowest BCUT2D eigenvalue weighted by Crippen LogP contribution is -2.16. The highest BCUT2D eigenvalue weighted by atomic mass is 35.5. The topological polar surface area (TPSA) is 107 Å². The molecular weight excluding hydrogens is 467 g/mol. The van der Waals surface area contributed by atoms with Crippen molar-refractivity contribution in [3.8, 4) is 11.8 Å². The number of furan rings is 1. The molecule has 2 heterocycles. The molecule has 2 aromatic heterocycles. The Morgan fingerprint density at radius 1 is 1.16 bits per heavy atom. The summed E-state index contributed by atoms with van der Waals surface area (Å²) in [5.41, 5.74) is 0. The Balaban J connectivity index is 1.74. The number of hydrogen-bond acceptors (Lipinski definition) is 8. The molecule has 0 saturated carbocycles. The molecule has 9 nitrogen and oxygen atoms in total. The van der Waals surface area contributed by atoms with Crippen LogP contribution in [-0.2, 0) is 23.2 Å². The van der Waals surface area contributed by atoms with Gasteiger partial charge in [0.2, 0.25) is 11.7 Å². The molecule has 3 rings (SSSR count). The number of hydrogen-bond donors (Lipinski definition) is 1. The highest BCUT2D eigenvalue weighted by Gasteiger charge is 2.23. The molecule has 0 aliphatic carbocycles. The van der Waals surface area contributed by atoms with Crippen LogP contribution in [0.2, 0.25) is 10.0 Å². The number of nitrogens with one attached hydrogen (secondary N) is 1. The average molecular weight is 487 g/mol. The van der Waals surface area contributed by atoms with Crippen molar-refractivity contribution in [2.75, 3.05) is 25.9 Å². The molecule has 1 aromatic carbocycles. The number of benzene rings is 1. The van der Waals surface area contributed by atoms with E-state index in [0.29, 0.717) is 12.3 Å². The van der Waals surface area contributed by atoms with Gasteiger partial charge in [0.15, 0.2) is 0 Å². The number of nitrogens with zero attached hydrogens (tertiary/aromatic N) is 3. The molecule has 0 atom stereocenters. The summed E-state index contributed by atoms with van der Waals surface area (Å²) in [5.74, 6) is 1.34. The summed E-state index contributed by atoms with van der Waals surface area (Å²) in [6.45, 7) is 0.785. The van der Waals surface area contributed by atoms with E-state index in [-0.39, 0.29) is 39.1 Å². The molecule has 0 amide bonds. The predicted octanol–water partition coefficient (Wildman–Crippen LogP) is 3.83. The largest absolute Gasteiger partial charge is 0.478 e. The molecule has 1 N–H and O–H groups in total. The maximum Gasteiger partial charge on any atom is 0.264 e. The first-order chi connectivity index (χ1) is 14.7. The Morgan fingerprint density at radius 3 is 2.61 bits per heavy atom. The zero-order chi connectivity index (χ0) is 22.6. The summed E-state index contributed by atoms with van der Waals surface area (Å²) < 4.78 is 44.1. The number of rotatable bonds is 9. The van der Waals surface area contributed by atoms with Crippen LogP contribution in [0.25, 0.3) is 0 Å². The van der Waals surface area contributed by atoms with Gasteiger partial charge < -0.3 is 18.8 Å². The quantitative estimate of drug-likeness (QED) is 0.486. The first-order valence-corrected chi connectivity index (χ1v) is 11.2. The van der Waals surface area contributed by atoms with Crippen molar-refractivity contribution in [3.63, 3.8) is 0 Å². The van der Waals surface area contributed by atoms with Crippen LogP contribution >= 0.6 is 23.2 Å². The minimum absolute atomic E-state index is 0.0769. The standard InChI is InChI=1S/C19H20Cl2N4O5S/c1-25(2)10-12-7-8-13(30-12)11-29-16-9-22-18(19(23-16)28-3)24-31(26,27)15-6-4-5-14(20)17(15)21/h4-9H,10-11H2,1-3H3,(H,22,24). The van der Waals surface area contributed by atoms with Gasteiger partial charge in [-0.05, 0) is 38.4 Å². The van der Waals surface area contributed by atoms with Gasteiger partial charge in [-0.2, -0.15) is 4.98 Å². The smallest absolute Gasteiger partial charge is 0.264 e. The average Bonchev–Trinajstić information content (AvgIpc) is 3.15. The number of methoxy groups -OCH3 is 1. The molecule has 0 saturated heterocycles. The van der Waals surface area contributed by atoms with Crippen molar-refractivity contribution in [3.05, 3.63) is 58.1 Å². The van der Waals surface area contributed by atoms with Crippen LogP contribution in [0.1, 0.15) is 11.5 Å². The Labute approximate surface area is 190 Å². The molecule has 12 heteroatoms. The Morgan fingerprint density at radius 2 is 1.90 bits per heavy atom. The van der Waals surface area contributed by atoms with Gasteiger partial charge in [0.25, 0.3) is 15.9 Å². The van der Waals surface area contributed by atoms with Crippen molar-refractivity contribution in [2.45, 2.75) is 18.0 Å². The van der Waals surface area contributed by atoms with Crippen LogP contribution in [0.3, 0.4) is 0 Å². The predicted molar refractivity (Wildman–Crippen MR) is 116 cm³/mol. The normalized spacial score (nSPS) is 11.5. The van der Waals surface area contributed by atoms with E-state index >= 15 is 0 Å². The van der Waals surface area contributed by atoms with Crippen molar-refractivity contribution >= 4 is 39.0 Å². The Bertz CT molecular complexity index is 1170. The van der Waals surface area contributed by atoms with E-state index in [2.05, 4.69) is 14.7 Å². The van der Waals surface area contributed by atoms with Crippen LogP contribution in [0.5, 0.6) is 11.8 Å². The van der Waals surface area contributed by atoms with Crippen molar-refractivity contribution in [1.82, 2.24) is 14.9 Å². The van der Waals surface area contributed by atoms with Crippen LogP contribution in [-0.4, -0.2) is 44.5 Å². The Kier molecular flexibility index (Phi) is 7.26. The highest BCUT2D eigenvalue weighted by molar-refractivity contribution is 7.92. The number of aromatic nitrogens is 2. The molecule has 0 fully saturated rings. The second-order valence-corrected chi connectivity index (χ2v) is 9.05. The molecule has 0 bridgehead atoms. The monoisotopic (exact) mass is 486 g/mol. The molecule has 0 unspecified atom stereocenters. The van der Waals surface area contributed by atoms with Crippen LogP contribution < -0.4 is 14.2 Å². The molecule has 0 aliphatic heterocycles. The maximum atomic E-state index is 12.7. The number of sulfonamides is 1. The van der Waals surface area contributed by atoms with Gasteiger partial charge in [-0.1, -0.05) is 29.3 Å². The van der Waals surface area contributed by atoms with Gasteiger partial charge in [-0.15, -0.1) is 0 Å². The number of ether oxygens (including phenoxy) is 2. The van der Waals surface area contributed by atoms with Crippen LogP contribution in [0.4, 0.5) is 5.82 Å². The van der Waals surface area contributed by atoms with Gasteiger partial charge in [-0.3, -0.25) is 4.72 Å². The fourth-order valence-electron chi connectivity index (χ4n) is 2.55. The summed E-state index contributed by atoms with van der Waals surface area (Å²) in [5, 5.41) is 0.00799. The SMILES string of the molecule is COc1nc(OCc2ccc(CN(C)C)o2)cnc1NS(=O)(=O)c1cccc(Cl)c1Cl. The lowest BCUT2D eigenvalue weighted by atomic mass is 10.4. The number of halogens is 2. The van der Waals surface area contributed by atoms with Gasteiger partial charge >= 0.3 is 0 Å². The molecular formula is C19H20Cl2N4O5S. The first-order valence-electron chi connectivity index (χ1n) is 8.92. The van der Waals surface area contributed by atoms with Crippen molar-refractivity contribution < 1.29 is 22.3 Å². The van der Waals surface area contributed by atoms with Gasteiger partial charge in [0.05, 0.1) is 29.9 Å². The van der Waals surface area contributed by atoms with Crippen molar-refractivity contribution in [2.24, 2.45) is 0 Å². The molecule has 3 aromatic rings. The van der Waals surface area contributed by atoms with Crippen LogP contribution in [0.15, 0.2) is 45.8 Å². The molecule has 31 heavy (non-hydrogen) atoms. The zero-order valence-electron chi connectivity index (χ0n) is 16.9. The van der Waals surface area contributed by atoms with E-state index in [0.717, 1.165) is 5.76 Å². The highest BCUT2D eigenvalue weighted by Crippen LogP contribution is 2.31. The minimum Gasteiger partial charge on any atom is -0.478 e. The first kappa shape index (κ1) is 23.1. The van der Waals surface area contributed by atoms with E-state index < -0.39 is 10.0 Å². The van der Waals surface area contributed by atoms with E-state index in [4.69, 9.17) is 37.1 Å². The zero-order valence-corrected chi connectivity index (χ0v) is 19.3. The third-order valence-electron chi connectivity index (χ3n) is 3.90. The maximum absolute atomic E-state index is 12.7. The summed E-state index contributed by atoms with van der Waals surface area (Å²) in [6.07, 6.45) is 1.27. The summed E-state index contributed by atoms with van der Waals surface area (Å²) >= 11 is 11.9.